The van der Waals surface area contributed by atoms with Gasteiger partial charge in [-0.1, -0.05) is 36.4 Å². The first kappa shape index (κ1) is 19.1. The minimum atomic E-state index is -0.811. The first-order valence-electron chi connectivity index (χ1n) is 8.25. The molecule has 0 unspecified atom stereocenters. The van der Waals surface area contributed by atoms with E-state index >= 15 is 0 Å². The average Bonchev–Trinajstić information content (AvgIpc) is 2.68. The minimum Gasteiger partial charge on any atom is -0.340 e. The van der Waals surface area contributed by atoms with Crippen molar-refractivity contribution in [3.63, 3.8) is 0 Å². The predicted octanol–water partition coefficient (Wildman–Crippen LogP) is 2.10. The van der Waals surface area contributed by atoms with Gasteiger partial charge in [-0.3, -0.25) is 19.6 Å². The SMILES string of the molecule is O=C(CCC[C@H](NC(=O)c1ccccc1)C(=O)Nc1ccccc1)NO. The van der Waals surface area contributed by atoms with Gasteiger partial charge in [0.05, 0.1) is 0 Å². The largest absolute Gasteiger partial charge is 0.340 e. The summed E-state index contributed by atoms with van der Waals surface area (Å²) in [7, 11) is 0. The van der Waals surface area contributed by atoms with E-state index < -0.39 is 11.9 Å². The molecule has 26 heavy (non-hydrogen) atoms. The zero-order chi connectivity index (χ0) is 18.8. The number of carbonyl (C=O) groups is 3. The summed E-state index contributed by atoms with van der Waals surface area (Å²) in [6.45, 7) is 0. The van der Waals surface area contributed by atoms with Gasteiger partial charge in [-0.25, -0.2) is 5.48 Å². The average molecular weight is 355 g/mol. The van der Waals surface area contributed by atoms with E-state index in [0.717, 1.165) is 0 Å². The molecule has 0 spiro atoms. The summed E-state index contributed by atoms with van der Waals surface area (Å²) in [5.74, 6) is -1.28. The van der Waals surface area contributed by atoms with E-state index in [-0.39, 0.29) is 24.7 Å². The molecule has 4 N–H and O–H groups in total. The number of hydroxylamine groups is 1. The molecule has 0 radical (unpaired) electrons. The summed E-state index contributed by atoms with van der Waals surface area (Å²) in [6.07, 6.45) is 0.631. The Morgan fingerprint density at radius 1 is 0.923 bits per heavy atom. The van der Waals surface area contributed by atoms with Gasteiger partial charge in [-0.05, 0) is 37.1 Å². The number of hydrogen-bond donors (Lipinski definition) is 4. The van der Waals surface area contributed by atoms with Crippen molar-refractivity contribution in [1.29, 1.82) is 0 Å². The third kappa shape index (κ3) is 6.03. The number of anilines is 1. The van der Waals surface area contributed by atoms with Crippen molar-refractivity contribution in [3.8, 4) is 0 Å². The number of hydrogen-bond acceptors (Lipinski definition) is 4. The van der Waals surface area contributed by atoms with Crippen LogP contribution in [0.2, 0.25) is 0 Å². The van der Waals surface area contributed by atoms with Crippen LogP contribution >= 0.6 is 0 Å². The highest BCUT2D eigenvalue weighted by molar-refractivity contribution is 6.01. The van der Waals surface area contributed by atoms with Crippen molar-refractivity contribution < 1.29 is 19.6 Å². The van der Waals surface area contributed by atoms with Crippen LogP contribution in [0.3, 0.4) is 0 Å². The highest BCUT2D eigenvalue weighted by Gasteiger charge is 2.21. The molecular weight excluding hydrogens is 334 g/mol. The zero-order valence-corrected chi connectivity index (χ0v) is 14.1. The Hall–Kier alpha value is -3.19. The fourth-order valence-electron chi connectivity index (χ4n) is 2.37. The monoisotopic (exact) mass is 355 g/mol. The lowest BCUT2D eigenvalue weighted by Gasteiger charge is -2.18. The molecule has 3 amide bonds. The normalized spacial score (nSPS) is 11.3. The van der Waals surface area contributed by atoms with Gasteiger partial charge < -0.3 is 10.6 Å². The first-order chi connectivity index (χ1) is 12.6. The molecule has 1 atom stereocenters. The van der Waals surface area contributed by atoms with E-state index in [4.69, 9.17) is 5.21 Å². The molecule has 0 aliphatic carbocycles. The van der Waals surface area contributed by atoms with Crippen LogP contribution in [-0.2, 0) is 9.59 Å². The lowest BCUT2D eigenvalue weighted by atomic mass is 10.1. The first-order valence-corrected chi connectivity index (χ1v) is 8.25. The zero-order valence-electron chi connectivity index (χ0n) is 14.1. The molecule has 7 heteroatoms. The minimum absolute atomic E-state index is 0.0484. The van der Waals surface area contributed by atoms with Gasteiger partial charge in [0.2, 0.25) is 11.8 Å². The molecule has 0 saturated heterocycles. The van der Waals surface area contributed by atoms with Gasteiger partial charge in [0.15, 0.2) is 0 Å². The summed E-state index contributed by atoms with van der Waals surface area (Å²) in [6, 6.07) is 16.7. The fraction of sp³-hybridized carbons (Fsp3) is 0.211. The van der Waals surface area contributed by atoms with Gasteiger partial charge in [0, 0.05) is 17.7 Å². The third-order valence-electron chi connectivity index (χ3n) is 3.72. The van der Waals surface area contributed by atoms with E-state index in [1.165, 1.54) is 0 Å². The second kappa shape index (κ2) is 9.95. The number of amides is 3. The number of benzene rings is 2. The van der Waals surface area contributed by atoms with Crippen LogP contribution in [0.25, 0.3) is 0 Å². The summed E-state index contributed by atoms with van der Waals surface area (Å²) in [4.78, 5) is 36.1. The van der Waals surface area contributed by atoms with E-state index in [1.807, 2.05) is 6.07 Å². The number of nitrogens with one attached hydrogen (secondary N) is 3. The second-order valence-electron chi connectivity index (χ2n) is 5.67. The molecule has 0 saturated carbocycles. The molecule has 0 fully saturated rings. The van der Waals surface area contributed by atoms with Gasteiger partial charge in [0.1, 0.15) is 6.04 Å². The predicted molar refractivity (Wildman–Crippen MR) is 96.5 cm³/mol. The van der Waals surface area contributed by atoms with Gasteiger partial charge in [0.25, 0.3) is 5.91 Å². The highest BCUT2D eigenvalue weighted by atomic mass is 16.5. The van der Waals surface area contributed by atoms with E-state index in [1.54, 1.807) is 60.1 Å². The molecule has 2 aromatic rings. The van der Waals surface area contributed by atoms with Crippen LogP contribution in [0.4, 0.5) is 5.69 Å². The topological polar surface area (TPSA) is 108 Å². The highest BCUT2D eigenvalue weighted by Crippen LogP contribution is 2.10. The standard InChI is InChI=1S/C19H21N3O4/c23-17(22-26)13-7-12-16(19(25)20-15-10-5-2-6-11-15)21-18(24)14-8-3-1-4-9-14/h1-6,8-11,16,26H,7,12-13H2,(H,20,25)(H,21,24)(H,22,23)/t16-/m0/s1. The van der Waals surface area contributed by atoms with Crippen molar-refractivity contribution in [2.24, 2.45) is 0 Å². The maximum atomic E-state index is 12.5. The Morgan fingerprint density at radius 2 is 1.54 bits per heavy atom. The fourth-order valence-corrected chi connectivity index (χ4v) is 2.37. The van der Waals surface area contributed by atoms with E-state index in [0.29, 0.717) is 17.7 Å². The van der Waals surface area contributed by atoms with Crippen molar-refractivity contribution in [1.82, 2.24) is 10.8 Å². The van der Waals surface area contributed by atoms with Crippen molar-refractivity contribution >= 4 is 23.4 Å². The van der Waals surface area contributed by atoms with E-state index in [2.05, 4.69) is 10.6 Å². The van der Waals surface area contributed by atoms with E-state index in [9.17, 15) is 14.4 Å². The lowest BCUT2D eigenvalue weighted by Crippen LogP contribution is -2.44. The maximum absolute atomic E-state index is 12.5. The molecule has 0 bridgehead atoms. The Morgan fingerprint density at radius 3 is 2.15 bits per heavy atom. The molecule has 0 aliphatic rings. The van der Waals surface area contributed by atoms with Crippen LogP contribution in [0, 0.1) is 0 Å². The molecule has 136 valence electrons. The number of para-hydroxylation sites is 1. The van der Waals surface area contributed by atoms with Crippen LogP contribution in [-0.4, -0.2) is 29.0 Å². The van der Waals surface area contributed by atoms with Crippen molar-refractivity contribution in [2.75, 3.05) is 5.32 Å². The second-order valence-corrected chi connectivity index (χ2v) is 5.67. The quantitative estimate of drug-likeness (QED) is 0.430. The number of carbonyl (C=O) groups excluding carboxylic acids is 3. The third-order valence-corrected chi connectivity index (χ3v) is 3.72. The van der Waals surface area contributed by atoms with Gasteiger partial charge >= 0.3 is 0 Å². The Bertz CT molecular complexity index is 735. The summed E-state index contributed by atoms with van der Waals surface area (Å²) in [5, 5.41) is 14.0. The van der Waals surface area contributed by atoms with Crippen molar-refractivity contribution in [3.05, 3.63) is 66.2 Å². The number of rotatable bonds is 8. The van der Waals surface area contributed by atoms with Gasteiger partial charge in [-0.15, -0.1) is 0 Å². The maximum Gasteiger partial charge on any atom is 0.251 e. The van der Waals surface area contributed by atoms with Crippen LogP contribution in [0.15, 0.2) is 60.7 Å². The van der Waals surface area contributed by atoms with Gasteiger partial charge in [-0.2, -0.15) is 0 Å². The Balaban J connectivity index is 2.03. The van der Waals surface area contributed by atoms with Crippen LogP contribution in [0.1, 0.15) is 29.6 Å². The molecule has 0 aromatic heterocycles. The molecule has 7 nitrogen and oxygen atoms in total. The molecule has 0 heterocycles. The molecule has 2 aromatic carbocycles. The molecule has 0 aliphatic heterocycles. The lowest BCUT2D eigenvalue weighted by molar-refractivity contribution is -0.129. The smallest absolute Gasteiger partial charge is 0.251 e. The summed E-state index contributed by atoms with van der Waals surface area (Å²) >= 11 is 0. The van der Waals surface area contributed by atoms with Crippen molar-refractivity contribution in [2.45, 2.75) is 25.3 Å². The molecule has 2 rings (SSSR count). The summed E-state index contributed by atoms with van der Waals surface area (Å²) < 4.78 is 0. The van der Waals surface area contributed by atoms with Crippen LogP contribution in [0.5, 0.6) is 0 Å². The van der Waals surface area contributed by atoms with Crippen LogP contribution < -0.4 is 16.1 Å². The Labute approximate surface area is 151 Å². The molecular formula is C19H21N3O4. The summed E-state index contributed by atoms with van der Waals surface area (Å²) in [5.41, 5.74) is 2.61. The Kier molecular flexibility index (Phi) is 7.32.